The molecule has 1 saturated heterocycles. The second kappa shape index (κ2) is 5.61. The fourth-order valence-electron chi connectivity index (χ4n) is 2.76. The van der Waals surface area contributed by atoms with E-state index in [4.69, 9.17) is 9.47 Å². The van der Waals surface area contributed by atoms with Gasteiger partial charge in [-0.2, -0.15) is 0 Å². The van der Waals surface area contributed by atoms with Crippen molar-refractivity contribution in [1.29, 1.82) is 0 Å². The van der Waals surface area contributed by atoms with E-state index in [1.54, 1.807) is 0 Å². The first-order valence-corrected chi connectivity index (χ1v) is 7.67. The minimum Gasteiger partial charge on any atom is -0.419 e. The Labute approximate surface area is 134 Å². The highest BCUT2D eigenvalue weighted by Gasteiger charge is 2.39. The van der Waals surface area contributed by atoms with E-state index in [-0.39, 0.29) is 5.57 Å². The molecule has 0 spiro atoms. The molecular formula is C17H20N2O4. The fraction of sp³-hybridized carbons (Fsp3) is 0.412. The number of rotatable bonds is 2. The number of benzene rings is 1. The highest BCUT2D eigenvalue weighted by Crippen LogP contribution is 2.33. The van der Waals surface area contributed by atoms with Crippen molar-refractivity contribution in [2.75, 3.05) is 17.2 Å². The minimum absolute atomic E-state index is 0.142. The molecular weight excluding hydrogens is 296 g/mol. The Bertz CT molecular complexity index is 685. The van der Waals surface area contributed by atoms with E-state index in [0.29, 0.717) is 0 Å². The Balaban J connectivity index is 1.88. The van der Waals surface area contributed by atoms with Gasteiger partial charge in [0.2, 0.25) is 0 Å². The topological polar surface area (TPSA) is 76.7 Å². The van der Waals surface area contributed by atoms with Gasteiger partial charge in [-0.1, -0.05) is 12.1 Å². The van der Waals surface area contributed by atoms with Crippen LogP contribution in [0.5, 0.6) is 0 Å². The molecule has 0 atom stereocenters. The molecule has 0 saturated carbocycles. The molecule has 0 radical (unpaired) electrons. The van der Waals surface area contributed by atoms with E-state index >= 15 is 0 Å². The molecule has 6 nitrogen and oxygen atoms in total. The van der Waals surface area contributed by atoms with Crippen molar-refractivity contribution >= 4 is 23.3 Å². The van der Waals surface area contributed by atoms with Crippen molar-refractivity contribution in [2.24, 2.45) is 0 Å². The summed E-state index contributed by atoms with van der Waals surface area (Å²) >= 11 is 0. The van der Waals surface area contributed by atoms with Gasteiger partial charge in [-0.15, -0.1) is 0 Å². The number of carbonyl (C=O) groups excluding carboxylic acids is 2. The smallest absolute Gasteiger partial charge is 0.350 e. The lowest BCUT2D eigenvalue weighted by molar-refractivity contribution is -0.222. The molecule has 6 heteroatoms. The monoisotopic (exact) mass is 316 g/mol. The molecule has 122 valence electrons. The number of esters is 2. The van der Waals surface area contributed by atoms with Gasteiger partial charge in [0.1, 0.15) is 0 Å². The van der Waals surface area contributed by atoms with Crippen molar-refractivity contribution in [3.05, 3.63) is 35.0 Å². The normalized spacial score (nSPS) is 19.2. The third kappa shape index (κ3) is 3.02. The van der Waals surface area contributed by atoms with Crippen LogP contribution in [0.2, 0.25) is 0 Å². The summed E-state index contributed by atoms with van der Waals surface area (Å²) in [6.45, 7) is 5.92. The third-order valence-corrected chi connectivity index (χ3v) is 3.90. The lowest BCUT2D eigenvalue weighted by atomic mass is 9.99. The van der Waals surface area contributed by atoms with Gasteiger partial charge in [-0.3, -0.25) is 0 Å². The van der Waals surface area contributed by atoms with Crippen LogP contribution < -0.4 is 10.6 Å². The van der Waals surface area contributed by atoms with E-state index in [1.807, 2.05) is 13.0 Å². The lowest BCUT2D eigenvalue weighted by Crippen LogP contribution is -2.42. The van der Waals surface area contributed by atoms with Crippen LogP contribution in [-0.4, -0.2) is 24.3 Å². The first kappa shape index (κ1) is 15.4. The van der Waals surface area contributed by atoms with E-state index in [0.717, 1.165) is 36.3 Å². The molecule has 1 aromatic rings. The molecule has 0 aliphatic carbocycles. The van der Waals surface area contributed by atoms with Gasteiger partial charge < -0.3 is 20.1 Å². The summed E-state index contributed by atoms with van der Waals surface area (Å²) < 4.78 is 10.2. The summed E-state index contributed by atoms with van der Waals surface area (Å²) in [5.41, 5.74) is 3.98. The number of anilines is 2. The van der Waals surface area contributed by atoms with Crippen LogP contribution in [0.15, 0.2) is 23.9 Å². The summed E-state index contributed by atoms with van der Waals surface area (Å²) in [6.07, 6.45) is 3.45. The third-order valence-electron chi connectivity index (χ3n) is 3.90. The number of nitrogens with one attached hydrogen (secondary N) is 2. The number of hydrogen-bond donors (Lipinski definition) is 2. The predicted octanol–water partition coefficient (Wildman–Crippen LogP) is 2.49. The van der Waals surface area contributed by atoms with Crippen LogP contribution in [0.25, 0.3) is 0 Å². The van der Waals surface area contributed by atoms with Gasteiger partial charge >= 0.3 is 11.9 Å². The summed E-state index contributed by atoms with van der Waals surface area (Å²) in [4.78, 5) is 23.9. The predicted molar refractivity (Wildman–Crippen MR) is 86.0 cm³/mol. The molecule has 1 aromatic carbocycles. The van der Waals surface area contributed by atoms with Gasteiger partial charge in [-0.05, 0) is 30.9 Å². The molecule has 2 aliphatic heterocycles. The molecule has 2 heterocycles. The minimum atomic E-state index is -1.23. The first-order valence-electron chi connectivity index (χ1n) is 7.67. The van der Waals surface area contributed by atoms with E-state index in [2.05, 4.69) is 16.7 Å². The number of ether oxygens (including phenoxy) is 2. The van der Waals surface area contributed by atoms with Gasteiger partial charge in [0, 0.05) is 26.6 Å². The molecule has 23 heavy (non-hydrogen) atoms. The highest BCUT2D eigenvalue weighted by atomic mass is 16.7. The Kier molecular flexibility index (Phi) is 3.75. The fourth-order valence-corrected chi connectivity index (χ4v) is 2.76. The van der Waals surface area contributed by atoms with E-state index in [9.17, 15) is 9.59 Å². The molecule has 0 unspecified atom stereocenters. The maximum absolute atomic E-state index is 12.0. The molecule has 0 amide bonds. The van der Waals surface area contributed by atoms with Crippen molar-refractivity contribution in [3.63, 3.8) is 0 Å². The standard InChI is InChI=1S/C17H20N2O4/c1-10-6-7-11-5-4-8-18-14(11)13(10)19-9-12-15(20)22-17(2,3)23-16(12)21/h6-7,9,18-19H,4-5,8H2,1-3H3. The number of cyclic esters (lactones) is 2. The number of carbonyl (C=O) groups is 2. The van der Waals surface area contributed by atoms with E-state index in [1.165, 1.54) is 25.6 Å². The van der Waals surface area contributed by atoms with E-state index < -0.39 is 17.7 Å². The zero-order chi connectivity index (χ0) is 16.6. The van der Waals surface area contributed by atoms with Crippen molar-refractivity contribution in [3.8, 4) is 0 Å². The summed E-state index contributed by atoms with van der Waals surface area (Å²) in [7, 11) is 0. The van der Waals surface area contributed by atoms with Crippen LogP contribution in [0.3, 0.4) is 0 Å². The second-order valence-electron chi connectivity index (χ2n) is 6.20. The maximum Gasteiger partial charge on any atom is 0.350 e. The largest absolute Gasteiger partial charge is 0.419 e. The number of fused-ring (bicyclic) bond motifs is 1. The molecule has 1 fully saturated rings. The van der Waals surface area contributed by atoms with Gasteiger partial charge in [0.25, 0.3) is 5.79 Å². The molecule has 3 rings (SSSR count). The SMILES string of the molecule is Cc1ccc2c(c1NC=C1C(=O)OC(C)(C)OC1=O)NCCC2. The maximum atomic E-state index is 12.0. The lowest BCUT2D eigenvalue weighted by Gasteiger charge is -2.30. The highest BCUT2D eigenvalue weighted by molar-refractivity contribution is 6.15. The molecule has 2 N–H and O–H groups in total. The Hall–Kier alpha value is -2.50. The average Bonchev–Trinajstić information content (AvgIpc) is 2.47. The van der Waals surface area contributed by atoms with Crippen molar-refractivity contribution < 1.29 is 19.1 Å². The Morgan fingerprint density at radius 3 is 2.61 bits per heavy atom. The zero-order valence-electron chi connectivity index (χ0n) is 13.5. The summed E-state index contributed by atoms with van der Waals surface area (Å²) in [5, 5.41) is 6.44. The van der Waals surface area contributed by atoms with Crippen LogP contribution in [-0.2, 0) is 25.5 Å². The van der Waals surface area contributed by atoms with Gasteiger partial charge in [0.15, 0.2) is 5.57 Å². The molecule has 0 aromatic heterocycles. The van der Waals surface area contributed by atoms with Crippen LogP contribution >= 0.6 is 0 Å². The number of hydrogen-bond acceptors (Lipinski definition) is 6. The van der Waals surface area contributed by atoms with Gasteiger partial charge in [-0.25, -0.2) is 9.59 Å². The summed E-state index contributed by atoms with van der Waals surface area (Å²) in [5.74, 6) is -2.60. The van der Waals surface area contributed by atoms with Crippen molar-refractivity contribution in [2.45, 2.75) is 39.4 Å². The van der Waals surface area contributed by atoms with Crippen LogP contribution in [0.1, 0.15) is 31.4 Å². The number of aryl methyl sites for hydroxylation is 2. The summed E-state index contributed by atoms with van der Waals surface area (Å²) in [6, 6.07) is 4.12. The molecule has 2 aliphatic rings. The van der Waals surface area contributed by atoms with Crippen LogP contribution in [0, 0.1) is 6.92 Å². The first-order chi connectivity index (χ1) is 10.9. The quantitative estimate of drug-likeness (QED) is 0.496. The molecule has 0 bridgehead atoms. The van der Waals surface area contributed by atoms with Crippen LogP contribution in [0.4, 0.5) is 11.4 Å². The Morgan fingerprint density at radius 1 is 1.22 bits per heavy atom. The van der Waals surface area contributed by atoms with Gasteiger partial charge in [0.05, 0.1) is 11.4 Å². The Morgan fingerprint density at radius 2 is 1.91 bits per heavy atom. The average molecular weight is 316 g/mol. The van der Waals surface area contributed by atoms with Crippen molar-refractivity contribution in [1.82, 2.24) is 0 Å². The second-order valence-corrected chi connectivity index (χ2v) is 6.20. The zero-order valence-corrected chi connectivity index (χ0v) is 13.5.